The SMILES string of the molecule is CN(C)C(=O)C1CN(c2ccc3c(c2)Oc2cc(N4CC(C(=O)N(C)C)C4)ccc2C32C(=[N+]=[N-])C(=O)c3ccc(C(=O)NCCOCCOCCCCCCCl)cc32)C1. The van der Waals surface area contributed by atoms with E-state index in [9.17, 15) is 24.7 Å². The number of Topliss-reactive ketones (excluding diaryl/α,β-unsaturated/α-hetero) is 1. The standard InChI is InChI=1S/C44H52ClN7O7/c1-49(2)42(55)29-24-51(25-29)31-10-13-34-37(22-31)59-38-23-32(52-26-30(27-52)43(56)50(3)4)11-14-35(38)44(34)36-21-28(9-12-33(36)39(53)40(44)48-46)41(54)47-16-18-58-20-19-57-17-8-6-5-7-15-45/h9-14,21-23,29-30H,5-8,15-20,24-27H2,1-4H3,(H,47,54). The Balaban J connectivity index is 1.16. The number of nitrogens with one attached hydrogen (secondary N) is 1. The highest BCUT2D eigenvalue weighted by Gasteiger charge is 2.62. The third-order valence-electron chi connectivity index (χ3n) is 11.7. The van der Waals surface area contributed by atoms with Crippen LogP contribution in [-0.4, -0.2) is 137 Å². The van der Waals surface area contributed by atoms with Crippen molar-refractivity contribution in [3.05, 3.63) is 87.9 Å². The van der Waals surface area contributed by atoms with E-state index >= 15 is 0 Å². The third kappa shape index (κ3) is 8.06. The second kappa shape index (κ2) is 17.9. The summed E-state index contributed by atoms with van der Waals surface area (Å²) in [5.74, 6) is 0.654. The van der Waals surface area contributed by atoms with Gasteiger partial charge in [0, 0.05) is 119 Å². The van der Waals surface area contributed by atoms with Crippen molar-refractivity contribution in [2.75, 3.05) is 103 Å². The smallest absolute Gasteiger partial charge is 0.358 e. The number of carbonyl (C=O) groups is 4. The molecule has 1 aliphatic carbocycles. The lowest BCUT2D eigenvalue weighted by Crippen LogP contribution is -2.53. The number of ether oxygens (including phenoxy) is 3. The fourth-order valence-electron chi connectivity index (χ4n) is 8.49. The molecule has 59 heavy (non-hydrogen) atoms. The molecule has 0 unspecified atom stereocenters. The van der Waals surface area contributed by atoms with Crippen molar-refractivity contribution >= 4 is 52.2 Å². The van der Waals surface area contributed by atoms with Crippen molar-refractivity contribution < 1.29 is 38.2 Å². The second-order valence-corrected chi connectivity index (χ2v) is 16.4. The van der Waals surface area contributed by atoms with Crippen LogP contribution in [0.2, 0.25) is 0 Å². The van der Waals surface area contributed by atoms with Crippen LogP contribution in [-0.2, 0) is 24.5 Å². The minimum atomic E-state index is -1.43. The number of anilines is 2. The highest BCUT2D eigenvalue weighted by atomic mass is 35.5. The number of benzene rings is 3. The first-order valence-corrected chi connectivity index (χ1v) is 20.8. The van der Waals surface area contributed by atoms with Gasteiger partial charge in [0.25, 0.3) is 11.7 Å². The Kier molecular flexibility index (Phi) is 12.7. The summed E-state index contributed by atoms with van der Waals surface area (Å²) in [6, 6.07) is 16.3. The van der Waals surface area contributed by atoms with Gasteiger partial charge in [0.05, 0.1) is 31.7 Å². The maximum atomic E-state index is 14.2. The summed E-state index contributed by atoms with van der Waals surface area (Å²) in [5, 5.41) is 2.92. The first kappa shape index (κ1) is 41.9. The number of hydrogen-bond acceptors (Lipinski definition) is 9. The third-order valence-corrected chi connectivity index (χ3v) is 12.0. The maximum absolute atomic E-state index is 14.2. The number of nitrogens with zero attached hydrogens (tertiary/aromatic N) is 6. The normalized spacial score (nSPS) is 16.4. The van der Waals surface area contributed by atoms with Crippen LogP contribution >= 0.6 is 11.6 Å². The molecule has 0 atom stereocenters. The molecule has 1 N–H and O–H groups in total. The van der Waals surface area contributed by atoms with Crippen LogP contribution in [0.25, 0.3) is 5.53 Å². The van der Waals surface area contributed by atoms with E-state index in [4.69, 9.17) is 25.8 Å². The lowest BCUT2D eigenvalue weighted by Gasteiger charge is -2.43. The molecular formula is C44H52ClN7O7. The minimum Gasteiger partial charge on any atom is -0.457 e. The van der Waals surface area contributed by atoms with Crippen LogP contribution in [0.15, 0.2) is 54.6 Å². The number of alkyl halides is 1. The summed E-state index contributed by atoms with van der Waals surface area (Å²) in [4.78, 5) is 64.2. The number of rotatable bonds is 17. The van der Waals surface area contributed by atoms with E-state index in [1.54, 1.807) is 56.2 Å². The number of ketones is 1. The predicted molar refractivity (Wildman–Crippen MR) is 224 cm³/mol. The van der Waals surface area contributed by atoms with E-state index in [2.05, 4.69) is 19.9 Å². The van der Waals surface area contributed by atoms with E-state index in [0.29, 0.717) is 97.8 Å². The van der Waals surface area contributed by atoms with Gasteiger partial charge >= 0.3 is 5.71 Å². The van der Waals surface area contributed by atoms with Crippen LogP contribution < -0.4 is 19.9 Å². The number of fused-ring (bicyclic) bond motifs is 6. The van der Waals surface area contributed by atoms with Gasteiger partial charge in [0.1, 0.15) is 11.5 Å². The van der Waals surface area contributed by atoms with Crippen LogP contribution in [0.3, 0.4) is 0 Å². The van der Waals surface area contributed by atoms with Crippen molar-refractivity contribution in [2.45, 2.75) is 31.1 Å². The Bertz CT molecular complexity index is 2070. The molecule has 2 fully saturated rings. The first-order valence-electron chi connectivity index (χ1n) is 20.3. The van der Waals surface area contributed by atoms with Crippen molar-refractivity contribution in [2.24, 2.45) is 11.8 Å². The number of carbonyl (C=O) groups excluding carboxylic acids is 4. The summed E-state index contributed by atoms with van der Waals surface area (Å²) >= 11 is 5.73. The van der Waals surface area contributed by atoms with Crippen LogP contribution in [0.4, 0.5) is 11.4 Å². The lowest BCUT2D eigenvalue weighted by molar-refractivity contribution is -0.134. The molecule has 4 aliphatic rings. The average molecular weight is 826 g/mol. The molecule has 0 saturated carbocycles. The fraction of sp³-hybridized carbons (Fsp3) is 0.477. The summed E-state index contributed by atoms with van der Waals surface area (Å²) in [6.45, 7) is 4.29. The molecule has 3 aromatic carbocycles. The average Bonchev–Trinajstić information content (AvgIpc) is 3.43. The zero-order valence-electron chi connectivity index (χ0n) is 34.2. The Morgan fingerprint density at radius 1 is 0.780 bits per heavy atom. The molecule has 0 radical (unpaired) electrons. The molecule has 3 aromatic rings. The van der Waals surface area contributed by atoms with E-state index in [1.165, 1.54) is 0 Å². The van der Waals surface area contributed by atoms with E-state index < -0.39 is 11.2 Å². The van der Waals surface area contributed by atoms with Gasteiger partial charge in [0.15, 0.2) is 5.41 Å². The molecule has 7 rings (SSSR count). The Hall–Kier alpha value is -5.27. The molecule has 15 heteroatoms. The highest BCUT2D eigenvalue weighted by Crippen LogP contribution is 2.57. The Morgan fingerprint density at radius 3 is 1.88 bits per heavy atom. The van der Waals surface area contributed by atoms with Crippen molar-refractivity contribution in [3.63, 3.8) is 0 Å². The van der Waals surface area contributed by atoms with Gasteiger partial charge in [-0.3, -0.25) is 19.2 Å². The first-order chi connectivity index (χ1) is 28.5. The highest BCUT2D eigenvalue weighted by molar-refractivity contribution is 6.52. The molecule has 0 aromatic heterocycles. The number of unbranched alkanes of at least 4 members (excludes halogenated alkanes) is 3. The van der Waals surface area contributed by atoms with E-state index in [0.717, 1.165) is 37.1 Å². The van der Waals surface area contributed by atoms with E-state index in [-0.39, 0.29) is 41.8 Å². The summed E-state index contributed by atoms with van der Waals surface area (Å²) in [6.07, 6.45) is 4.18. The molecule has 0 bridgehead atoms. The molecule has 3 heterocycles. The topological polar surface area (TPSA) is 157 Å². The van der Waals surface area contributed by atoms with Gasteiger partial charge in [-0.15, -0.1) is 11.6 Å². The molecule has 3 amide bonds. The molecule has 14 nitrogen and oxygen atoms in total. The molecule has 1 spiro atoms. The van der Waals surface area contributed by atoms with Gasteiger partial charge in [-0.1, -0.05) is 25.0 Å². The van der Waals surface area contributed by atoms with Gasteiger partial charge in [0.2, 0.25) is 11.8 Å². The fourth-order valence-corrected chi connectivity index (χ4v) is 8.68. The number of hydrogen-bond donors (Lipinski definition) is 1. The molecule has 312 valence electrons. The monoisotopic (exact) mass is 825 g/mol. The zero-order valence-corrected chi connectivity index (χ0v) is 34.9. The number of halogens is 1. The summed E-state index contributed by atoms with van der Waals surface area (Å²) in [7, 11) is 7.00. The van der Waals surface area contributed by atoms with Crippen LogP contribution in [0.5, 0.6) is 11.5 Å². The summed E-state index contributed by atoms with van der Waals surface area (Å²) < 4.78 is 18.0. The zero-order chi connectivity index (χ0) is 41.8. The van der Waals surface area contributed by atoms with Gasteiger partial charge in [-0.2, -0.15) is 4.79 Å². The van der Waals surface area contributed by atoms with Crippen molar-refractivity contribution in [1.82, 2.24) is 15.1 Å². The van der Waals surface area contributed by atoms with Gasteiger partial charge < -0.3 is 44.7 Å². The largest absolute Gasteiger partial charge is 0.457 e. The van der Waals surface area contributed by atoms with Crippen LogP contribution in [0.1, 0.15) is 63.1 Å². The van der Waals surface area contributed by atoms with Gasteiger partial charge in [-0.25, -0.2) is 0 Å². The minimum absolute atomic E-state index is 0.0684. The maximum Gasteiger partial charge on any atom is 0.358 e. The van der Waals surface area contributed by atoms with Crippen molar-refractivity contribution in [3.8, 4) is 11.5 Å². The van der Waals surface area contributed by atoms with Gasteiger partial charge in [-0.05, 0) is 48.7 Å². The quantitative estimate of drug-likeness (QED) is 0.0890. The van der Waals surface area contributed by atoms with Crippen LogP contribution in [0, 0.1) is 11.8 Å². The summed E-state index contributed by atoms with van der Waals surface area (Å²) in [5.41, 5.74) is 13.1. The Morgan fingerprint density at radius 2 is 1.34 bits per heavy atom. The Labute approximate surface area is 349 Å². The second-order valence-electron chi connectivity index (χ2n) is 16.0. The predicted octanol–water partition coefficient (Wildman–Crippen LogP) is 4.60. The molecule has 2 saturated heterocycles. The lowest BCUT2D eigenvalue weighted by atomic mass is 9.67. The molecular weight excluding hydrogens is 774 g/mol. The number of amides is 3. The van der Waals surface area contributed by atoms with Crippen molar-refractivity contribution in [1.29, 1.82) is 0 Å². The van der Waals surface area contributed by atoms with E-state index in [1.807, 2.05) is 36.4 Å². The molecule has 3 aliphatic heterocycles.